The van der Waals surface area contributed by atoms with Gasteiger partial charge in [-0.05, 0) is 54.3 Å². The van der Waals surface area contributed by atoms with Gasteiger partial charge < -0.3 is 16.0 Å². The molecule has 1 saturated heterocycles. The Morgan fingerprint density at radius 1 is 1.00 bits per heavy atom. The quantitative estimate of drug-likeness (QED) is 0.602. The van der Waals surface area contributed by atoms with Crippen LogP contribution in [0.5, 0.6) is 0 Å². The van der Waals surface area contributed by atoms with Gasteiger partial charge in [-0.2, -0.15) is 0 Å². The highest BCUT2D eigenvalue weighted by atomic mass is 35.5. The number of rotatable bonds is 3. The second kappa shape index (κ2) is 9.18. The van der Waals surface area contributed by atoms with Crippen molar-refractivity contribution in [3.8, 4) is 0 Å². The largest absolute Gasteiger partial charge is 0.399 e. The molecule has 0 unspecified atom stereocenters. The summed E-state index contributed by atoms with van der Waals surface area (Å²) in [6.45, 7) is 3.10. The highest BCUT2D eigenvalue weighted by Crippen LogP contribution is 2.25. The SMILES string of the molecule is Cc1ccc(N)cc1NC(=O)C1CCN(C(=O)c2cccc3ccccc23)CC1.Cl. The number of benzene rings is 3. The summed E-state index contributed by atoms with van der Waals surface area (Å²) in [5, 5.41) is 5.03. The van der Waals surface area contributed by atoms with E-state index in [4.69, 9.17) is 5.73 Å². The summed E-state index contributed by atoms with van der Waals surface area (Å²) in [6, 6.07) is 19.2. The third-order valence-electron chi connectivity index (χ3n) is 5.69. The van der Waals surface area contributed by atoms with E-state index in [1.165, 1.54) is 0 Å². The Balaban J connectivity index is 0.00000256. The van der Waals surface area contributed by atoms with Gasteiger partial charge in [0.2, 0.25) is 5.91 Å². The molecule has 5 nitrogen and oxygen atoms in total. The van der Waals surface area contributed by atoms with Crippen LogP contribution in [0.25, 0.3) is 10.8 Å². The van der Waals surface area contributed by atoms with Crippen LogP contribution in [-0.2, 0) is 4.79 Å². The zero-order valence-electron chi connectivity index (χ0n) is 16.9. The number of nitrogens with one attached hydrogen (secondary N) is 1. The van der Waals surface area contributed by atoms with E-state index in [1.54, 1.807) is 6.07 Å². The highest BCUT2D eigenvalue weighted by Gasteiger charge is 2.28. The van der Waals surface area contributed by atoms with Crippen LogP contribution >= 0.6 is 12.4 Å². The summed E-state index contributed by atoms with van der Waals surface area (Å²) in [7, 11) is 0. The van der Waals surface area contributed by atoms with Gasteiger partial charge in [-0.15, -0.1) is 12.4 Å². The van der Waals surface area contributed by atoms with E-state index >= 15 is 0 Å². The Labute approximate surface area is 182 Å². The van der Waals surface area contributed by atoms with Crippen molar-refractivity contribution in [3.05, 3.63) is 71.8 Å². The molecule has 0 radical (unpaired) electrons. The standard InChI is InChI=1S/C24H25N3O2.ClH/c1-16-9-10-19(25)15-22(16)26-23(28)18-11-13-27(14-12-18)24(29)21-8-4-6-17-5-2-3-7-20(17)21;/h2-10,15,18H,11-14,25H2,1H3,(H,26,28);1H. The number of carbonyl (C=O) groups excluding carboxylic acids is 2. The number of amides is 2. The van der Waals surface area contributed by atoms with Crippen molar-refractivity contribution in [1.82, 2.24) is 4.90 Å². The van der Waals surface area contributed by atoms with E-state index in [9.17, 15) is 9.59 Å². The van der Waals surface area contributed by atoms with Gasteiger partial charge in [-0.3, -0.25) is 9.59 Å². The van der Waals surface area contributed by atoms with Crippen LogP contribution in [0.3, 0.4) is 0 Å². The zero-order chi connectivity index (χ0) is 20.4. The predicted octanol–water partition coefficient (Wildman–Crippen LogP) is 4.64. The molecule has 3 aromatic rings. The molecule has 1 aliphatic heterocycles. The van der Waals surface area contributed by atoms with Crippen molar-refractivity contribution in [2.45, 2.75) is 19.8 Å². The van der Waals surface area contributed by atoms with E-state index in [0.29, 0.717) is 31.6 Å². The normalized spacial score (nSPS) is 14.2. The topological polar surface area (TPSA) is 75.4 Å². The molecule has 4 rings (SSSR count). The molecule has 2 amide bonds. The molecule has 30 heavy (non-hydrogen) atoms. The minimum absolute atomic E-state index is 0. The summed E-state index contributed by atoms with van der Waals surface area (Å²) in [4.78, 5) is 27.6. The average Bonchev–Trinajstić information content (AvgIpc) is 2.75. The number of fused-ring (bicyclic) bond motifs is 1. The van der Waals surface area contributed by atoms with Crippen molar-refractivity contribution in [2.24, 2.45) is 5.92 Å². The van der Waals surface area contributed by atoms with Gasteiger partial charge >= 0.3 is 0 Å². The fraction of sp³-hybridized carbons (Fsp3) is 0.250. The maximum Gasteiger partial charge on any atom is 0.254 e. The number of hydrogen-bond donors (Lipinski definition) is 2. The van der Waals surface area contributed by atoms with Crippen molar-refractivity contribution in [1.29, 1.82) is 0 Å². The first-order valence-electron chi connectivity index (χ1n) is 9.97. The lowest BCUT2D eigenvalue weighted by Crippen LogP contribution is -2.41. The minimum atomic E-state index is -0.104. The van der Waals surface area contributed by atoms with Crippen LogP contribution in [0.4, 0.5) is 11.4 Å². The number of halogens is 1. The molecule has 156 valence electrons. The Bertz CT molecular complexity index is 1070. The summed E-state index contributed by atoms with van der Waals surface area (Å²) in [5.74, 6) is -0.0734. The molecule has 0 atom stereocenters. The summed E-state index contributed by atoms with van der Waals surface area (Å²) < 4.78 is 0. The molecule has 3 N–H and O–H groups in total. The number of aryl methyl sites for hydroxylation is 1. The third-order valence-corrected chi connectivity index (χ3v) is 5.69. The molecule has 6 heteroatoms. The Morgan fingerprint density at radius 3 is 2.47 bits per heavy atom. The zero-order valence-corrected chi connectivity index (χ0v) is 17.7. The van der Waals surface area contributed by atoms with Gasteiger partial charge in [0.05, 0.1) is 0 Å². The van der Waals surface area contributed by atoms with E-state index in [-0.39, 0.29) is 30.1 Å². The number of piperidine rings is 1. The number of nitrogens with zero attached hydrogens (tertiary/aromatic N) is 1. The van der Waals surface area contributed by atoms with Crippen LogP contribution in [0.2, 0.25) is 0 Å². The first-order valence-corrected chi connectivity index (χ1v) is 9.97. The molecule has 0 saturated carbocycles. The Morgan fingerprint density at radius 2 is 1.70 bits per heavy atom. The van der Waals surface area contributed by atoms with Crippen LogP contribution in [0, 0.1) is 12.8 Å². The smallest absolute Gasteiger partial charge is 0.254 e. The lowest BCUT2D eigenvalue weighted by molar-refractivity contribution is -0.121. The second-order valence-corrected chi connectivity index (χ2v) is 7.66. The average molecular weight is 424 g/mol. The van der Waals surface area contributed by atoms with Crippen molar-refractivity contribution < 1.29 is 9.59 Å². The number of nitrogen functional groups attached to an aromatic ring is 1. The molecular weight excluding hydrogens is 398 g/mol. The number of carbonyl (C=O) groups is 2. The molecule has 0 aliphatic carbocycles. The van der Waals surface area contributed by atoms with E-state index < -0.39 is 0 Å². The maximum atomic E-state index is 13.1. The first-order chi connectivity index (χ1) is 14.0. The maximum absolute atomic E-state index is 13.1. The lowest BCUT2D eigenvalue weighted by atomic mass is 9.94. The van der Waals surface area contributed by atoms with Gasteiger partial charge in [0.1, 0.15) is 0 Å². The molecule has 0 bridgehead atoms. The van der Waals surface area contributed by atoms with E-state index in [2.05, 4.69) is 5.32 Å². The predicted molar refractivity (Wildman–Crippen MR) is 124 cm³/mol. The Hall–Kier alpha value is -3.05. The molecule has 0 spiro atoms. The monoisotopic (exact) mass is 423 g/mol. The second-order valence-electron chi connectivity index (χ2n) is 7.66. The minimum Gasteiger partial charge on any atom is -0.399 e. The van der Waals surface area contributed by atoms with Gasteiger partial charge in [0.25, 0.3) is 5.91 Å². The third kappa shape index (κ3) is 4.41. The van der Waals surface area contributed by atoms with Crippen molar-refractivity contribution >= 4 is 46.4 Å². The van der Waals surface area contributed by atoms with Crippen LogP contribution < -0.4 is 11.1 Å². The molecule has 0 aromatic heterocycles. The van der Waals surface area contributed by atoms with Crippen LogP contribution in [-0.4, -0.2) is 29.8 Å². The van der Waals surface area contributed by atoms with Crippen molar-refractivity contribution in [3.63, 3.8) is 0 Å². The summed E-state index contributed by atoms with van der Waals surface area (Å²) in [5.41, 5.74) is 8.92. The first kappa shape index (κ1) is 21.7. The van der Waals surface area contributed by atoms with Gasteiger partial charge in [-0.1, -0.05) is 42.5 Å². The molecule has 1 heterocycles. The van der Waals surface area contributed by atoms with Crippen LogP contribution in [0.15, 0.2) is 60.7 Å². The fourth-order valence-electron chi connectivity index (χ4n) is 3.94. The highest BCUT2D eigenvalue weighted by molar-refractivity contribution is 6.07. The molecule has 3 aromatic carbocycles. The molecule has 1 aliphatic rings. The number of nitrogens with two attached hydrogens (primary N) is 1. The number of hydrogen-bond acceptors (Lipinski definition) is 3. The summed E-state index contributed by atoms with van der Waals surface area (Å²) >= 11 is 0. The summed E-state index contributed by atoms with van der Waals surface area (Å²) in [6.07, 6.45) is 1.31. The molecular formula is C24H26ClN3O2. The van der Waals surface area contributed by atoms with Crippen molar-refractivity contribution in [2.75, 3.05) is 24.1 Å². The number of anilines is 2. The van der Waals surface area contributed by atoms with E-state index in [0.717, 1.165) is 27.6 Å². The van der Waals surface area contributed by atoms with Crippen LogP contribution in [0.1, 0.15) is 28.8 Å². The van der Waals surface area contributed by atoms with Gasteiger partial charge in [0, 0.05) is 35.9 Å². The molecule has 1 fully saturated rings. The lowest BCUT2D eigenvalue weighted by Gasteiger charge is -2.31. The van der Waals surface area contributed by atoms with Gasteiger partial charge in [-0.25, -0.2) is 0 Å². The Kier molecular flexibility index (Phi) is 6.63. The fourth-order valence-corrected chi connectivity index (χ4v) is 3.94. The van der Waals surface area contributed by atoms with Gasteiger partial charge in [0.15, 0.2) is 0 Å². The van der Waals surface area contributed by atoms with E-state index in [1.807, 2.05) is 66.4 Å². The number of likely N-dealkylation sites (tertiary alicyclic amines) is 1.